The van der Waals surface area contributed by atoms with Crippen molar-refractivity contribution in [2.24, 2.45) is 0 Å². The van der Waals surface area contributed by atoms with Crippen LogP contribution in [0.2, 0.25) is 0 Å². The van der Waals surface area contributed by atoms with Crippen LogP contribution in [-0.2, 0) is 4.79 Å². The summed E-state index contributed by atoms with van der Waals surface area (Å²) in [6.07, 6.45) is 6.26. The van der Waals surface area contributed by atoms with E-state index in [0.29, 0.717) is 22.6 Å². The number of allylic oxidation sites excluding steroid dienone is 2. The molecule has 0 N–H and O–H groups in total. The minimum Gasteiger partial charge on any atom is -0.454 e. The molecule has 2 heterocycles. The minimum atomic E-state index is 0.0813. The fourth-order valence-corrected chi connectivity index (χ4v) is 3.81. The van der Waals surface area contributed by atoms with Crippen LogP contribution >= 0.6 is 11.8 Å². The molecule has 2 aromatic rings. The van der Waals surface area contributed by atoms with Gasteiger partial charge in [-0.25, -0.2) is 0 Å². The van der Waals surface area contributed by atoms with Crippen LogP contribution in [0, 0.1) is 0 Å². The molecule has 1 aromatic heterocycles. The number of benzene rings is 1. The first-order valence-electron chi connectivity index (χ1n) is 9.10. The zero-order valence-corrected chi connectivity index (χ0v) is 16.0. The standard InChI is InChI=1S/C19H21N3O4S/c1-2-9-22(14-5-3-4-6-14)17(23)11-27-19-21-20-18(26-19)13-7-8-15-16(10-13)25-12-24-15/h5,7-8,10H,2-4,6,9,11-12H2,1H3. The molecule has 7 nitrogen and oxygen atoms in total. The maximum Gasteiger partial charge on any atom is 0.277 e. The number of rotatable bonds is 7. The van der Waals surface area contributed by atoms with E-state index in [1.54, 1.807) is 0 Å². The van der Waals surface area contributed by atoms with E-state index in [2.05, 4.69) is 23.2 Å². The van der Waals surface area contributed by atoms with Crippen LogP contribution in [0.5, 0.6) is 11.5 Å². The summed E-state index contributed by atoms with van der Waals surface area (Å²) in [6, 6.07) is 5.47. The Kier molecular flexibility index (Phi) is 5.33. The van der Waals surface area contributed by atoms with Crippen molar-refractivity contribution in [1.29, 1.82) is 0 Å². The molecule has 0 bridgehead atoms. The Bertz CT molecular complexity index is 864. The molecule has 4 rings (SSSR count). The third-order valence-corrected chi connectivity index (χ3v) is 5.26. The van der Waals surface area contributed by atoms with Gasteiger partial charge in [-0.15, -0.1) is 10.2 Å². The van der Waals surface area contributed by atoms with Gasteiger partial charge < -0.3 is 18.8 Å². The van der Waals surface area contributed by atoms with Gasteiger partial charge in [0.25, 0.3) is 5.22 Å². The molecule has 0 saturated heterocycles. The first-order valence-corrected chi connectivity index (χ1v) is 10.1. The highest BCUT2D eigenvalue weighted by Crippen LogP contribution is 2.36. The van der Waals surface area contributed by atoms with Crippen LogP contribution in [0.15, 0.2) is 39.6 Å². The van der Waals surface area contributed by atoms with Gasteiger partial charge >= 0.3 is 0 Å². The molecule has 27 heavy (non-hydrogen) atoms. The Labute approximate surface area is 161 Å². The first-order chi connectivity index (χ1) is 13.2. The van der Waals surface area contributed by atoms with E-state index < -0.39 is 0 Å². The quantitative estimate of drug-likeness (QED) is 0.668. The number of nitrogens with zero attached hydrogens (tertiary/aromatic N) is 3. The van der Waals surface area contributed by atoms with Gasteiger partial charge in [0.05, 0.1) is 5.75 Å². The second-order valence-electron chi connectivity index (χ2n) is 6.36. The van der Waals surface area contributed by atoms with Gasteiger partial charge in [-0.2, -0.15) is 0 Å². The highest BCUT2D eigenvalue weighted by molar-refractivity contribution is 7.99. The molecule has 1 aliphatic carbocycles. The Morgan fingerprint density at radius 3 is 2.96 bits per heavy atom. The van der Waals surface area contributed by atoms with Crippen molar-refractivity contribution in [2.75, 3.05) is 19.1 Å². The topological polar surface area (TPSA) is 77.7 Å². The number of amides is 1. The van der Waals surface area contributed by atoms with E-state index in [9.17, 15) is 4.79 Å². The first kappa shape index (κ1) is 17.9. The molecule has 0 unspecified atom stereocenters. The number of hydrogen-bond donors (Lipinski definition) is 0. The molecule has 0 fully saturated rings. The van der Waals surface area contributed by atoms with Crippen molar-refractivity contribution >= 4 is 17.7 Å². The summed E-state index contributed by atoms with van der Waals surface area (Å²) in [6.45, 7) is 3.05. The minimum absolute atomic E-state index is 0.0813. The van der Waals surface area contributed by atoms with Crippen molar-refractivity contribution in [1.82, 2.24) is 15.1 Å². The molecule has 2 aliphatic rings. The molecule has 0 saturated carbocycles. The van der Waals surface area contributed by atoms with Gasteiger partial charge in [0.1, 0.15) is 0 Å². The van der Waals surface area contributed by atoms with Crippen molar-refractivity contribution < 1.29 is 18.7 Å². The van der Waals surface area contributed by atoms with E-state index in [-0.39, 0.29) is 18.5 Å². The number of ether oxygens (including phenoxy) is 2. The van der Waals surface area contributed by atoms with Gasteiger partial charge in [0, 0.05) is 17.8 Å². The third kappa shape index (κ3) is 3.95. The van der Waals surface area contributed by atoms with E-state index >= 15 is 0 Å². The van der Waals surface area contributed by atoms with E-state index in [1.165, 1.54) is 11.8 Å². The second-order valence-corrected chi connectivity index (χ2v) is 7.29. The number of fused-ring (bicyclic) bond motifs is 1. The average molecular weight is 387 g/mol. The highest BCUT2D eigenvalue weighted by Gasteiger charge is 2.21. The molecule has 1 aromatic carbocycles. The molecular formula is C19H21N3O4S. The molecule has 1 aliphatic heterocycles. The predicted molar refractivity (Wildman–Crippen MR) is 101 cm³/mol. The van der Waals surface area contributed by atoms with Gasteiger partial charge in [-0.1, -0.05) is 24.8 Å². The van der Waals surface area contributed by atoms with Crippen molar-refractivity contribution in [2.45, 2.75) is 37.8 Å². The van der Waals surface area contributed by atoms with E-state index in [0.717, 1.165) is 43.5 Å². The number of carbonyl (C=O) groups excluding carboxylic acids is 1. The summed E-state index contributed by atoms with van der Waals surface area (Å²) in [5.41, 5.74) is 1.91. The second kappa shape index (κ2) is 8.04. The Morgan fingerprint density at radius 2 is 2.15 bits per heavy atom. The number of aromatic nitrogens is 2. The molecular weight excluding hydrogens is 366 g/mol. The third-order valence-electron chi connectivity index (χ3n) is 4.46. The van der Waals surface area contributed by atoms with E-state index in [1.807, 2.05) is 23.1 Å². The SMILES string of the molecule is CCCN(C(=O)CSc1nnc(-c2ccc3c(c2)OCO3)o1)C1=CCCC1. The Balaban J connectivity index is 1.39. The molecule has 142 valence electrons. The van der Waals surface area contributed by atoms with Crippen molar-refractivity contribution in [3.8, 4) is 23.0 Å². The monoisotopic (exact) mass is 387 g/mol. The molecule has 0 spiro atoms. The lowest BCUT2D eigenvalue weighted by atomic mass is 10.2. The number of carbonyl (C=O) groups is 1. The van der Waals surface area contributed by atoms with Crippen LogP contribution in [0.1, 0.15) is 32.6 Å². The molecule has 0 radical (unpaired) electrons. The lowest BCUT2D eigenvalue weighted by Gasteiger charge is -2.23. The summed E-state index contributed by atoms with van der Waals surface area (Å²) in [7, 11) is 0. The number of hydrogen-bond acceptors (Lipinski definition) is 7. The van der Waals surface area contributed by atoms with Gasteiger partial charge in [-0.3, -0.25) is 4.79 Å². The zero-order chi connectivity index (χ0) is 18.6. The highest BCUT2D eigenvalue weighted by atomic mass is 32.2. The van der Waals surface area contributed by atoms with E-state index in [4.69, 9.17) is 13.9 Å². The summed E-state index contributed by atoms with van der Waals surface area (Å²) in [4.78, 5) is 14.5. The molecule has 0 atom stereocenters. The fraction of sp³-hybridized carbons (Fsp3) is 0.421. The number of thioether (sulfide) groups is 1. The van der Waals surface area contributed by atoms with Gasteiger partial charge in [-0.05, 0) is 43.9 Å². The van der Waals surface area contributed by atoms with Crippen LogP contribution in [0.25, 0.3) is 11.5 Å². The average Bonchev–Trinajstić information content (AvgIpc) is 3.44. The van der Waals surface area contributed by atoms with Gasteiger partial charge in [0.2, 0.25) is 18.6 Å². The summed E-state index contributed by atoms with van der Waals surface area (Å²) in [5, 5.41) is 8.51. The van der Waals surface area contributed by atoms with Crippen molar-refractivity contribution in [3.63, 3.8) is 0 Å². The molecule has 1 amide bonds. The smallest absolute Gasteiger partial charge is 0.277 e. The lowest BCUT2D eigenvalue weighted by molar-refractivity contribution is -0.126. The predicted octanol–water partition coefficient (Wildman–Crippen LogP) is 3.86. The fourth-order valence-electron chi connectivity index (χ4n) is 3.17. The van der Waals surface area contributed by atoms with Crippen LogP contribution < -0.4 is 9.47 Å². The maximum absolute atomic E-state index is 12.6. The maximum atomic E-state index is 12.6. The zero-order valence-electron chi connectivity index (χ0n) is 15.1. The Hall–Kier alpha value is -2.48. The summed E-state index contributed by atoms with van der Waals surface area (Å²) in [5.74, 6) is 2.12. The van der Waals surface area contributed by atoms with Crippen LogP contribution in [0.4, 0.5) is 0 Å². The largest absolute Gasteiger partial charge is 0.454 e. The summed E-state index contributed by atoms with van der Waals surface area (Å²) < 4.78 is 16.4. The van der Waals surface area contributed by atoms with Crippen LogP contribution in [-0.4, -0.2) is 40.1 Å². The van der Waals surface area contributed by atoms with Gasteiger partial charge in [0.15, 0.2) is 11.5 Å². The molecule has 8 heteroatoms. The lowest BCUT2D eigenvalue weighted by Crippen LogP contribution is -2.32. The normalized spacial score (nSPS) is 15.1. The Morgan fingerprint density at radius 1 is 1.26 bits per heavy atom. The summed E-state index contributed by atoms with van der Waals surface area (Å²) >= 11 is 1.27. The van der Waals surface area contributed by atoms with Crippen molar-refractivity contribution in [3.05, 3.63) is 30.0 Å². The van der Waals surface area contributed by atoms with Crippen LogP contribution in [0.3, 0.4) is 0 Å².